The molecule has 112 valence electrons. The van der Waals surface area contributed by atoms with E-state index in [1.165, 1.54) is 12.4 Å². The quantitative estimate of drug-likeness (QED) is 0.903. The van der Waals surface area contributed by atoms with Gasteiger partial charge < -0.3 is 4.90 Å². The van der Waals surface area contributed by atoms with E-state index in [0.717, 1.165) is 0 Å². The van der Waals surface area contributed by atoms with Crippen LogP contribution in [0.4, 0.5) is 11.5 Å². The van der Waals surface area contributed by atoms with Gasteiger partial charge in [-0.1, -0.05) is 18.2 Å². The summed E-state index contributed by atoms with van der Waals surface area (Å²) in [5, 5.41) is 8.46. The van der Waals surface area contributed by atoms with E-state index in [4.69, 9.17) is 5.26 Å². The smallest absolute Gasteiger partial charge is 0.239 e. The number of hydrogen-bond donors (Lipinski definition) is 1. The Morgan fingerprint density at radius 2 is 1.86 bits per heavy atom. The van der Waals surface area contributed by atoms with E-state index < -0.39 is 15.3 Å². The molecule has 1 aromatic carbocycles. The van der Waals surface area contributed by atoms with Crippen molar-refractivity contribution in [2.24, 2.45) is 0 Å². The minimum atomic E-state index is -3.46. The summed E-state index contributed by atoms with van der Waals surface area (Å²) in [4.78, 5) is 9.76. The van der Waals surface area contributed by atoms with Gasteiger partial charge in [0.25, 0.3) is 0 Å². The van der Waals surface area contributed by atoms with Crippen LogP contribution in [0, 0.1) is 11.3 Å². The Hall–Kier alpha value is -2.66. The van der Waals surface area contributed by atoms with Gasteiger partial charge in [0.2, 0.25) is 10.0 Å². The van der Waals surface area contributed by atoms with E-state index in [1.54, 1.807) is 29.2 Å². The monoisotopic (exact) mass is 315 g/mol. The number of nitrogens with one attached hydrogen (secondary N) is 1. The van der Waals surface area contributed by atoms with E-state index in [2.05, 4.69) is 14.7 Å². The molecule has 0 radical (unpaired) electrons. The van der Waals surface area contributed by atoms with Crippen molar-refractivity contribution in [3.8, 4) is 6.07 Å². The maximum absolute atomic E-state index is 12.3. The molecule has 1 saturated heterocycles. The first-order chi connectivity index (χ1) is 10.6. The molecule has 3 rings (SSSR count). The molecule has 1 aliphatic heterocycles. The molecule has 1 aliphatic rings. The fourth-order valence-corrected chi connectivity index (χ4v) is 3.59. The molecule has 8 heteroatoms. The van der Waals surface area contributed by atoms with Crippen LogP contribution in [-0.4, -0.2) is 36.7 Å². The Labute approximate surface area is 128 Å². The van der Waals surface area contributed by atoms with Crippen molar-refractivity contribution in [2.75, 3.05) is 22.7 Å². The summed E-state index contributed by atoms with van der Waals surface area (Å²) in [5.41, 5.74) is 0.743. The van der Waals surface area contributed by atoms with Crippen LogP contribution in [0.5, 0.6) is 0 Å². The molecule has 2 heterocycles. The molecule has 1 N–H and O–H groups in total. The number of benzene rings is 1. The number of nitrogens with zero attached hydrogens (tertiary/aromatic N) is 4. The number of sulfonamides is 1. The van der Waals surface area contributed by atoms with Gasteiger partial charge in [0.15, 0.2) is 11.5 Å². The molecule has 0 atom stereocenters. The van der Waals surface area contributed by atoms with Gasteiger partial charge in [-0.3, -0.25) is 4.72 Å². The van der Waals surface area contributed by atoms with Crippen LogP contribution in [0.25, 0.3) is 0 Å². The van der Waals surface area contributed by atoms with Crippen molar-refractivity contribution in [3.63, 3.8) is 0 Å². The van der Waals surface area contributed by atoms with E-state index in [0.29, 0.717) is 11.5 Å². The van der Waals surface area contributed by atoms with Crippen molar-refractivity contribution < 1.29 is 8.42 Å². The first-order valence-corrected chi connectivity index (χ1v) is 8.17. The number of anilines is 2. The molecule has 0 aliphatic carbocycles. The highest BCUT2D eigenvalue weighted by Gasteiger charge is 2.39. The summed E-state index contributed by atoms with van der Waals surface area (Å²) >= 11 is 0. The van der Waals surface area contributed by atoms with Crippen LogP contribution in [0.15, 0.2) is 42.7 Å². The lowest BCUT2D eigenvalue weighted by Gasteiger charge is -2.39. The Morgan fingerprint density at radius 3 is 2.55 bits per heavy atom. The highest BCUT2D eigenvalue weighted by atomic mass is 32.2. The molecule has 0 amide bonds. The maximum Gasteiger partial charge on any atom is 0.239 e. The highest BCUT2D eigenvalue weighted by Crippen LogP contribution is 2.25. The third-order valence-corrected chi connectivity index (χ3v) is 5.10. The van der Waals surface area contributed by atoms with Crippen molar-refractivity contribution in [1.29, 1.82) is 5.26 Å². The summed E-state index contributed by atoms with van der Waals surface area (Å²) in [6.07, 6.45) is 2.92. The Balaban J connectivity index is 1.69. The first-order valence-electron chi connectivity index (χ1n) is 6.63. The molecular formula is C14H13N5O2S. The third-order valence-electron chi connectivity index (χ3n) is 3.41. The van der Waals surface area contributed by atoms with Crippen LogP contribution in [0.2, 0.25) is 0 Å². The van der Waals surface area contributed by atoms with Gasteiger partial charge in [0, 0.05) is 31.2 Å². The topological polar surface area (TPSA) is 99.0 Å². The molecular weight excluding hydrogens is 302 g/mol. The summed E-state index contributed by atoms with van der Waals surface area (Å²) in [6, 6.07) is 10.7. The van der Waals surface area contributed by atoms with E-state index in [1.807, 2.05) is 12.1 Å². The summed E-state index contributed by atoms with van der Waals surface area (Å²) in [6.45, 7) is 0.574. The number of aromatic nitrogens is 2. The van der Waals surface area contributed by atoms with Gasteiger partial charge in [0.1, 0.15) is 11.3 Å². The van der Waals surface area contributed by atoms with Gasteiger partial charge in [-0.2, -0.15) is 5.26 Å². The Kier molecular flexibility index (Phi) is 3.65. The third kappa shape index (κ3) is 2.71. The standard InChI is InChI=1S/C14H13N5O2S/c15-8-13-14(17-7-6-16-13)19-9-12(10-19)22(20,21)18-11-4-2-1-3-5-11/h1-7,12,18H,9-10H2. The second kappa shape index (κ2) is 5.61. The van der Waals surface area contributed by atoms with E-state index in [9.17, 15) is 8.42 Å². The van der Waals surface area contributed by atoms with Crippen molar-refractivity contribution in [2.45, 2.75) is 5.25 Å². The minimum Gasteiger partial charge on any atom is -0.351 e. The molecule has 0 saturated carbocycles. The zero-order valence-corrected chi connectivity index (χ0v) is 12.4. The average Bonchev–Trinajstić information content (AvgIpc) is 2.46. The lowest BCUT2D eigenvalue weighted by atomic mass is 10.2. The highest BCUT2D eigenvalue weighted by molar-refractivity contribution is 7.93. The lowest BCUT2D eigenvalue weighted by Crippen LogP contribution is -2.56. The Morgan fingerprint density at radius 1 is 1.18 bits per heavy atom. The molecule has 1 fully saturated rings. The van der Waals surface area contributed by atoms with Crippen molar-refractivity contribution in [3.05, 3.63) is 48.4 Å². The SMILES string of the molecule is N#Cc1nccnc1N1CC(S(=O)(=O)Nc2ccccc2)C1. The predicted molar refractivity (Wildman–Crippen MR) is 81.7 cm³/mol. The second-order valence-corrected chi connectivity index (χ2v) is 6.84. The summed E-state index contributed by atoms with van der Waals surface area (Å²) < 4.78 is 27.1. The van der Waals surface area contributed by atoms with Crippen LogP contribution in [0.1, 0.15) is 5.69 Å². The number of nitriles is 1. The zero-order valence-electron chi connectivity index (χ0n) is 11.5. The van der Waals surface area contributed by atoms with Crippen LogP contribution in [-0.2, 0) is 10.0 Å². The predicted octanol–water partition coefficient (Wildman–Crippen LogP) is 0.979. The molecule has 7 nitrogen and oxygen atoms in total. The van der Waals surface area contributed by atoms with Gasteiger partial charge >= 0.3 is 0 Å². The van der Waals surface area contributed by atoms with Crippen LogP contribution in [0.3, 0.4) is 0 Å². The maximum atomic E-state index is 12.3. The molecule has 0 bridgehead atoms. The molecule has 0 unspecified atom stereocenters. The number of rotatable bonds is 4. The van der Waals surface area contributed by atoms with Crippen molar-refractivity contribution >= 4 is 21.5 Å². The summed E-state index contributed by atoms with van der Waals surface area (Å²) in [5.74, 6) is 0.427. The zero-order chi connectivity index (χ0) is 15.6. The average molecular weight is 315 g/mol. The summed E-state index contributed by atoms with van der Waals surface area (Å²) in [7, 11) is -3.46. The Bertz CT molecular complexity index is 811. The number of para-hydroxylation sites is 1. The molecule has 22 heavy (non-hydrogen) atoms. The minimum absolute atomic E-state index is 0.203. The van der Waals surface area contributed by atoms with Gasteiger partial charge in [0.05, 0.1) is 0 Å². The number of hydrogen-bond acceptors (Lipinski definition) is 6. The van der Waals surface area contributed by atoms with E-state index in [-0.39, 0.29) is 18.8 Å². The fraction of sp³-hybridized carbons (Fsp3) is 0.214. The largest absolute Gasteiger partial charge is 0.351 e. The normalized spacial score (nSPS) is 15.0. The van der Waals surface area contributed by atoms with Crippen molar-refractivity contribution in [1.82, 2.24) is 9.97 Å². The van der Waals surface area contributed by atoms with Gasteiger partial charge in [-0.05, 0) is 12.1 Å². The fourth-order valence-electron chi connectivity index (χ4n) is 2.20. The molecule has 2 aromatic rings. The van der Waals surface area contributed by atoms with Gasteiger partial charge in [-0.25, -0.2) is 18.4 Å². The molecule has 0 spiro atoms. The molecule has 1 aromatic heterocycles. The van der Waals surface area contributed by atoms with Crippen LogP contribution < -0.4 is 9.62 Å². The van der Waals surface area contributed by atoms with Gasteiger partial charge in [-0.15, -0.1) is 0 Å². The first kappa shape index (κ1) is 14.3. The van der Waals surface area contributed by atoms with Crippen LogP contribution >= 0.6 is 0 Å². The lowest BCUT2D eigenvalue weighted by molar-refractivity contribution is 0.543. The van der Waals surface area contributed by atoms with E-state index >= 15 is 0 Å². The second-order valence-electron chi connectivity index (χ2n) is 4.88.